The van der Waals surface area contributed by atoms with Gasteiger partial charge in [-0.25, -0.2) is 9.18 Å². The van der Waals surface area contributed by atoms with Gasteiger partial charge < -0.3 is 15.4 Å². The Hall–Kier alpha value is -2.73. The van der Waals surface area contributed by atoms with Crippen LogP contribution in [-0.4, -0.2) is 25.5 Å². The zero-order valence-electron chi connectivity index (χ0n) is 15.9. The molecule has 0 aliphatic heterocycles. The Morgan fingerprint density at radius 1 is 1.07 bits per heavy atom. The van der Waals surface area contributed by atoms with Crippen LogP contribution >= 0.6 is 0 Å². The first-order chi connectivity index (χ1) is 12.9. The Morgan fingerprint density at radius 3 is 2.26 bits per heavy atom. The number of halogens is 1. The van der Waals surface area contributed by atoms with Gasteiger partial charge in [-0.3, -0.25) is 4.79 Å². The molecule has 0 spiro atoms. The Balaban J connectivity index is 1.85. The molecule has 1 atom stereocenters. The van der Waals surface area contributed by atoms with Crippen LogP contribution in [0.15, 0.2) is 48.5 Å². The number of rotatable bonds is 8. The Bertz CT molecular complexity index is 758. The maximum atomic E-state index is 13.1. The zero-order chi connectivity index (χ0) is 19.8. The maximum Gasteiger partial charge on any atom is 0.337 e. The number of nitrogens with two attached hydrogens (primary N) is 1. The van der Waals surface area contributed by atoms with Crippen molar-refractivity contribution in [2.24, 2.45) is 5.92 Å². The van der Waals surface area contributed by atoms with E-state index in [4.69, 9.17) is 0 Å². The van der Waals surface area contributed by atoms with Crippen LogP contribution in [0.2, 0.25) is 0 Å². The van der Waals surface area contributed by atoms with Crippen LogP contribution in [0.3, 0.4) is 0 Å². The largest absolute Gasteiger partial charge is 0.465 e. The summed E-state index contributed by atoms with van der Waals surface area (Å²) in [6, 6.07) is 13.4. The third-order valence-corrected chi connectivity index (χ3v) is 4.40. The fourth-order valence-corrected chi connectivity index (χ4v) is 2.86. The smallest absolute Gasteiger partial charge is 0.337 e. The third-order valence-electron chi connectivity index (χ3n) is 4.40. The number of carbonyl (C=O) groups is 2. The molecule has 27 heavy (non-hydrogen) atoms. The average molecular weight is 373 g/mol. The van der Waals surface area contributed by atoms with Crippen LogP contribution < -0.4 is 10.6 Å². The average Bonchev–Trinajstić information content (AvgIpc) is 2.67. The number of nitrogens with one attached hydrogen (secondary N) is 1. The molecular formula is C21H26FN2O3+. The first-order valence-corrected chi connectivity index (χ1v) is 8.93. The molecular weight excluding hydrogens is 347 g/mol. The van der Waals surface area contributed by atoms with Crippen molar-refractivity contribution in [3.8, 4) is 0 Å². The van der Waals surface area contributed by atoms with Gasteiger partial charge in [0.2, 0.25) is 0 Å². The third kappa shape index (κ3) is 6.18. The van der Waals surface area contributed by atoms with Crippen LogP contribution in [0.25, 0.3) is 0 Å². The van der Waals surface area contributed by atoms with Crippen LogP contribution in [-0.2, 0) is 16.1 Å². The predicted octanol–water partition coefficient (Wildman–Crippen LogP) is 2.19. The summed E-state index contributed by atoms with van der Waals surface area (Å²) in [6.45, 7) is 4.81. The summed E-state index contributed by atoms with van der Waals surface area (Å²) in [5.41, 5.74) is 2.37. The van der Waals surface area contributed by atoms with E-state index in [0.29, 0.717) is 18.0 Å². The van der Waals surface area contributed by atoms with E-state index in [2.05, 4.69) is 23.9 Å². The van der Waals surface area contributed by atoms with E-state index >= 15 is 0 Å². The molecule has 0 aliphatic carbocycles. The van der Waals surface area contributed by atoms with Crippen molar-refractivity contribution in [2.45, 2.75) is 26.4 Å². The quantitative estimate of drug-likeness (QED) is 0.697. The number of hydrogen-bond acceptors (Lipinski definition) is 3. The minimum Gasteiger partial charge on any atom is -0.465 e. The minimum absolute atomic E-state index is 0.0793. The van der Waals surface area contributed by atoms with Crippen molar-refractivity contribution in [3.05, 3.63) is 71.0 Å². The molecule has 2 aromatic carbocycles. The lowest BCUT2D eigenvalue weighted by Gasteiger charge is -2.19. The zero-order valence-corrected chi connectivity index (χ0v) is 15.9. The van der Waals surface area contributed by atoms with E-state index in [-0.39, 0.29) is 30.3 Å². The van der Waals surface area contributed by atoms with Gasteiger partial charge in [0, 0.05) is 18.0 Å². The van der Waals surface area contributed by atoms with Gasteiger partial charge in [0.25, 0.3) is 5.91 Å². The normalized spacial score (nSPS) is 11.9. The second-order valence-corrected chi connectivity index (χ2v) is 6.73. The van der Waals surface area contributed by atoms with E-state index in [1.807, 2.05) is 5.32 Å². The molecule has 0 aliphatic rings. The molecule has 5 nitrogen and oxygen atoms in total. The lowest BCUT2D eigenvalue weighted by atomic mass is 9.96. The van der Waals surface area contributed by atoms with E-state index < -0.39 is 0 Å². The molecule has 0 saturated heterocycles. The predicted molar refractivity (Wildman–Crippen MR) is 100 cm³/mol. The van der Waals surface area contributed by atoms with Gasteiger partial charge >= 0.3 is 5.97 Å². The summed E-state index contributed by atoms with van der Waals surface area (Å²) < 4.78 is 17.8. The van der Waals surface area contributed by atoms with Crippen LogP contribution in [0, 0.1) is 11.7 Å². The first-order valence-electron chi connectivity index (χ1n) is 8.93. The Labute approximate surface area is 158 Å². The van der Waals surface area contributed by atoms with Gasteiger partial charge in [-0.2, -0.15) is 0 Å². The molecule has 144 valence electrons. The summed E-state index contributed by atoms with van der Waals surface area (Å²) in [6.07, 6.45) is 0. The van der Waals surface area contributed by atoms with Gasteiger partial charge in [0.05, 0.1) is 12.7 Å². The maximum absolute atomic E-state index is 13.1. The number of esters is 1. The van der Waals surface area contributed by atoms with Gasteiger partial charge in [-0.15, -0.1) is 0 Å². The van der Waals surface area contributed by atoms with E-state index in [0.717, 1.165) is 11.1 Å². The van der Waals surface area contributed by atoms with Crippen LogP contribution in [0.5, 0.6) is 0 Å². The monoisotopic (exact) mass is 373 g/mol. The summed E-state index contributed by atoms with van der Waals surface area (Å²) in [7, 11) is 1.34. The fourth-order valence-electron chi connectivity index (χ4n) is 2.86. The molecule has 0 radical (unpaired) electrons. The molecule has 0 heterocycles. The van der Waals surface area contributed by atoms with Gasteiger partial charge in [-0.05, 0) is 29.8 Å². The Morgan fingerprint density at radius 2 is 1.70 bits per heavy atom. The number of quaternary nitrogens is 1. The number of benzene rings is 2. The van der Waals surface area contributed by atoms with Gasteiger partial charge in [-0.1, -0.05) is 38.1 Å². The van der Waals surface area contributed by atoms with Crippen LogP contribution in [0.1, 0.15) is 41.4 Å². The number of methoxy groups -OCH3 is 1. The lowest BCUT2D eigenvalue weighted by Crippen LogP contribution is -2.88. The second kappa shape index (κ2) is 9.83. The SMILES string of the molecule is COC(=O)c1ccc(CNC(=O)C[NH2+][C@H](c2ccc(F)cc2)C(C)C)cc1. The first kappa shape index (κ1) is 20.6. The topological polar surface area (TPSA) is 72.0 Å². The van der Waals surface area contributed by atoms with Crippen molar-refractivity contribution in [1.29, 1.82) is 0 Å². The van der Waals surface area contributed by atoms with E-state index in [1.165, 1.54) is 19.2 Å². The molecule has 0 bridgehead atoms. The molecule has 6 heteroatoms. The highest BCUT2D eigenvalue weighted by Crippen LogP contribution is 2.17. The molecule has 2 aromatic rings. The Kier molecular flexibility index (Phi) is 7.49. The van der Waals surface area contributed by atoms with Crippen molar-refractivity contribution >= 4 is 11.9 Å². The molecule has 0 aromatic heterocycles. The van der Waals surface area contributed by atoms with Crippen LogP contribution in [0.4, 0.5) is 4.39 Å². The van der Waals surface area contributed by atoms with E-state index in [1.54, 1.807) is 36.4 Å². The standard InChI is InChI=1S/C21H25FN2O3/c1-14(2)20(16-8-10-18(22)11-9-16)24-13-19(25)23-12-15-4-6-17(7-5-15)21(26)27-3/h4-11,14,20,24H,12-13H2,1-3H3,(H,23,25)/p+1/t20-/m0/s1. The molecule has 3 N–H and O–H groups in total. The molecule has 1 amide bonds. The van der Waals surface area contributed by atoms with Gasteiger partial charge in [0.15, 0.2) is 6.54 Å². The van der Waals surface area contributed by atoms with Crippen molar-refractivity contribution in [3.63, 3.8) is 0 Å². The second-order valence-electron chi connectivity index (χ2n) is 6.73. The van der Waals surface area contributed by atoms with Crippen molar-refractivity contribution in [2.75, 3.05) is 13.7 Å². The van der Waals surface area contributed by atoms with E-state index in [9.17, 15) is 14.0 Å². The lowest BCUT2D eigenvalue weighted by molar-refractivity contribution is -0.692. The highest BCUT2D eigenvalue weighted by molar-refractivity contribution is 5.89. The minimum atomic E-state index is -0.388. The fraction of sp³-hybridized carbons (Fsp3) is 0.333. The van der Waals surface area contributed by atoms with Crippen molar-refractivity contribution < 1.29 is 24.0 Å². The molecule has 0 unspecified atom stereocenters. The highest BCUT2D eigenvalue weighted by Gasteiger charge is 2.20. The highest BCUT2D eigenvalue weighted by atomic mass is 19.1. The summed E-state index contributed by atoms with van der Waals surface area (Å²) in [5, 5.41) is 4.84. The number of ether oxygens (including phenoxy) is 1. The number of amides is 1. The number of hydrogen-bond donors (Lipinski definition) is 2. The summed E-state index contributed by atoms with van der Waals surface area (Å²) in [5.74, 6) is -0.438. The molecule has 0 fully saturated rings. The summed E-state index contributed by atoms with van der Waals surface area (Å²) in [4.78, 5) is 23.6. The molecule has 0 saturated carbocycles. The van der Waals surface area contributed by atoms with Gasteiger partial charge in [0.1, 0.15) is 11.9 Å². The molecule has 2 rings (SSSR count). The number of carbonyl (C=O) groups excluding carboxylic acids is 2. The van der Waals surface area contributed by atoms with Crippen molar-refractivity contribution in [1.82, 2.24) is 5.32 Å². The summed E-state index contributed by atoms with van der Waals surface area (Å²) >= 11 is 0.